The topological polar surface area (TPSA) is 94.8 Å². The fourth-order valence-electron chi connectivity index (χ4n) is 2.02. The molecule has 0 aromatic carbocycles. The Labute approximate surface area is 148 Å². The van der Waals surface area contributed by atoms with Gasteiger partial charge in [0.1, 0.15) is 16.5 Å². The summed E-state index contributed by atoms with van der Waals surface area (Å²) in [7, 11) is 0. The van der Waals surface area contributed by atoms with Gasteiger partial charge in [-0.3, -0.25) is 4.79 Å². The van der Waals surface area contributed by atoms with E-state index in [1.165, 1.54) is 18.4 Å². The Morgan fingerprint density at radius 1 is 1.32 bits per heavy atom. The molecular formula is C17H17NO6S. The lowest BCUT2D eigenvalue weighted by Crippen LogP contribution is -2.14. The average molecular weight is 363 g/mol. The Morgan fingerprint density at radius 2 is 2.08 bits per heavy atom. The molecule has 0 aliphatic rings. The van der Waals surface area contributed by atoms with E-state index in [0.717, 1.165) is 11.3 Å². The number of nitrogens with one attached hydrogen (secondary N) is 1. The number of hydrogen-bond acceptors (Lipinski definition) is 7. The molecule has 2 aromatic heterocycles. The van der Waals surface area contributed by atoms with E-state index in [1.807, 2.05) is 0 Å². The first-order chi connectivity index (χ1) is 12.0. The predicted octanol–water partition coefficient (Wildman–Crippen LogP) is 3.42. The molecule has 132 valence electrons. The lowest BCUT2D eigenvalue weighted by molar-refractivity contribution is 0.0527. The molecule has 25 heavy (non-hydrogen) atoms. The van der Waals surface area contributed by atoms with Crippen LogP contribution in [0.4, 0.5) is 5.00 Å². The van der Waals surface area contributed by atoms with Crippen molar-refractivity contribution in [3.8, 4) is 0 Å². The van der Waals surface area contributed by atoms with Crippen LogP contribution in [0.2, 0.25) is 0 Å². The fourth-order valence-corrected chi connectivity index (χ4v) is 3.10. The molecular weight excluding hydrogens is 346 g/mol. The van der Waals surface area contributed by atoms with Crippen LogP contribution in [0.5, 0.6) is 0 Å². The highest BCUT2D eigenvalue weighted by molar-refractivity contribution is 7.18. The molecule has 0 saturated carbocycles. The predicted molar refractivity (Wildman–Crippen MR) is 92.2 cm³/mol. The van der Waals surface area contributed by atoms with Crippen LogP contribution in [0, 0.1) is 6.92 Å². The highest BCUT2D eigenvalue weighted by atomic mass is 32.1. The van der Waals surface area contributed by atoms with Crippen LogP contribution in [-0.2, 0) is 9.47 Å². The van der Waals surface area contributed by atoms with Gasteiger partial charge in [0.05, 0.1) is 18.4 Å². The lowest BCUT2D eigenvalue weighted by atomic mass is 10.1. The van der Waals surface area contributed by atoms with Crippen molar-refractivity contribution in [2.24, 2.45) is 0 Å². The minimum atomic E-state index is -0.631. The molecule has 0 aliphatic heterocycles. The number of furan rings is 1. The molecule has 0 radical (unpaired) electrons. The molecule has 2 heterocycles. The van der Waals surface area contributed by atoms with Gasteiger partial charge in [0, 0.05) is 0 Å². The van der Waals surface area contributed by atoms with E-state index in [1.54, 1.807) is 19.9 Å². The molecule has 0 unspecified atom stereocenters. The quantitative estimate of drug-likeness (QED) is 0.598. The zero-order chi connectivity index (χ0) is 18.4. The van der Waals surface area contributed by atoms with Crippen molar-refractivity contribution in [1.29, 1.82) is 0 Å². The normalized spacial score (nSPS) is 10.2. The standard InChI is InChI=1S/C17H17NO6S/c1-4-8-24-17(21)13-10(3)12(16(20)22-5-2)15(25-13)18-14(19)11-7-6-9-23-11/h4,6-7,9H,1,5,8H2,2-3H3,(H,18,19). The number of hydrogen-bond donors (Lipinski definition) is 1. The number of esters is 2. The maximum Gasteiger partial charge on any atom is 0.348 e. The molecule has 0 atom stereocenters. The van der Waals surface area contributed by atoms with Crippen molar-refractivity contribution < 1.29 is 28.3 Å². The molecule has 2 rings (SSSR count). The van der Waals surface area contributed by atoms with Crippen LogP contribution in [0.3, 0.4) is 0 Å². The molecule has 1 amide bonds. The first-order valence-electron chi connectivity index (χ1n) is 7.42. The third-order valence-corrected chi connectivity index (χ3v) is 4.30. The average Bonchev–Trinajstić information content (AvgIpc) is 3.21. The maximum atomic E-state index is 12.2. The Hall–Kier alpha value is -2.87. The first kappa shape index (κ1) is 18.5. The van der Waals surface area contributed by atoms with Gasteiger partial charge in [0.2, 0.25) is 0 Å². The largest absolute Gasteiger partial charge is 0.462 e. The van der Waals surface area contributed by atoms with Crippen LogP contribution < -0.4 is 5.32 Å². The maximum absolute atomic E-state index is 12.2. The van der Waals surface area contributed by atoms with Crippen molar-refractivity contribution in [3.63, 3.8) is 0 Å². The third-order valence-electron chi connectivity index (χ3n) is 3.12. The van der Waals surface area contributed by atoms with Gasteiger partial charge < -0.3 is 19.2 Å². The number of anilines is 1. The van der Waals surface area contributed by atoms with Crippen molar-refractivity contribution in [3.05, 3.63) is 52.8 Å². The van der Waals surface area contributed by atoms with E-state index >= 15 is 0 Å². The number of thiophene rings is 1. The van der Waals surface area contributed by atoms with Gasteiger partial charge in [-0.05, 0) is 31.5 Å². The monoisotopic (exact) mass is 363 g/mol. The smallest absolute Gasteiger partial charge is 0.348 e. The van der Waals surface area contributed by atoms with Gasteiger partial charge >= 0.3 is 11.9 Å². The van der Waals surface area contributed by atoms with Gasteiger partial charge in [-0.15, -0.1) is 11.3 Å². The zero-order valence-corrected chi connectivity index (χ0v) is 14.6. The molecule has 7 nitrogen and oxygen atoms in total. The Morgan fingerprint density at radius 3 is 2.68 bits per heavy atom. The minimum Gasteiger partial charge on any atom is -0.462 e. The second-order valence-electron chi connectivity index (χ2n) is 4.80. The first-order valence-corrected chi connectivity index (χ1v) is 8.24. The molecule has 0 fully saturated rings. The molecule has 8 heteroatoms. The number of ether oxygens (including phenoxy) is 2. The molecule has 0 spiro atoms. The number of rotatable bonds is 7. The third kappa shape index (κ3) is 4.16. The van der Waals surface area contributed by atoms with Crippen molar-refractivity contribution in [2.75, 3.05) is 18.5 Å². The van der Waals surface area contributed by atoms with E-state index < -0.39 is 17.8 Å². The highest BCUT2D eigenvalue weighted by Crippen LogP contribution is 2.34. The van der Waals surface area contributed by atoms with Crippen LogP contribution in [0.25, 0.3) is 0 Å². The Balaban J connectivity index is 2.38. The van der Waals surface area contributed by atoms with Crippen molar-refractivity contribution in [1.82, 2.24) is 0 Å². The summed E-state index contributed by atoms with van der Waals surface area (Å²) in [6, 6.07) is 3.05. The Bertz CT molecular complexity index is 790. The summed E-state index contributed by atoms with van der Waals surface area (Å²) in [6.45, 7) is 6.94. The zero-order valence-electron chi connectivity index (χ0n) is 13.8. The van der Waals surface area contributed by atoms with Gasteiger partial charge in [-0.2, -0.15) is 0 Å². The summed E-state index contributed by atoms with van der Waals surface area (Å²) in [4.78, 5) is 36.8. The van der Waals surface area contributed by atoms with E-state index in [2.05, 4.69) is 11.9 Å². The van der Waals surface area contributed by atoms with Gasteiger partial charge in [-0.1, -0.05) is 12.7 Å². The Kier molecular flexibility index (Phi) is 6.13. The minimum absolute atomic E-state index is 0.0407. The second-order valence-corrected chi connectivity index (χ2v) is 5.82. The van der Waals surface area contributed by atoms with Crippen molar-refractivity contribution in [2.45, 2.75) is 13.8 Å². The van der Waals surface area contributed by atoms with Gasteiger partial charge in [0.15, 0.2) is 5.76 Å². The van der Waals surface area contributed by atoms with Crippen LogP contribution >= 0.6 is 11.3 Å². The van der Waals surface area contributed by atoms with E-state index in [0.29, 0.717) is 5.56 Å². The number of carbonyl (C=O) groups excluding carboxylic acids is 3. The summed E-state index contributed by atoms with van der Waals surface area (Å²) in [5.74, 6) is -1.69. The number of amides is 1. The molecule has 0 saturated heterocycles. The number of carbonyl (C=O) groups is 3. The van der Waals surface area contributed by atoms with Crippen molar-refractivity contribution >= 4 is 34.2 Å². The highest BCUT2D eigenvalue weighted by Gasteiger charge is 2.27. The SMILES string of the molecule is C=CCOC(=O)c1sc(NC(=O)c2ccco2)c(C(=O)OCC)c1C. The molecule has 1 N–H and O–H groups in total. The van der Waals surface area contributed by atoms with E-state index in [9.17, 15) is 14.4 Å². The summed E-state index contributed by atoms with van der Waals surface area (Å²) < 4.78 is 15.1. The summed E-state index contributed by atoms with van der Waals surface area (Å²) in [6.07, 6.45) is 2.80. The van der Waals surface area contributed by atoms with Crippen LogP contribution in [0.1, 0.15) is 43.1 Å². The van der Waals surface area contributed by atoms with Crippen LogP contribution in [0.15, 0.2) is 35.5 Å². The lowest BCUT2D eigenvalue weighted by Gasteiger charge is -2.06. The second kappa shape index (κ2) is 8.29. The van der Waals surface area contributed by atoms with E-state index in [4.69, 9.17) is 13.9 Å². The molecule has 0 aliphatic carbocycles. The van der Waals surface area contributed by atoms with Gasteiger partial charge in [-0.25, -0.2) is 9.59 Å². The molecule has 2 aromatic rings. The summed E-state index contributed by atoms with van der Waals surface area (Å²) in [5.41, 5.74) is 0.504. The molecule has 0 bridgehead atoms. The fraction of sp³-hybridized carbons (Fsp3) is 0.235. The van der Waals surface area contributed by atoms with Crippen LogP contribution in [-0.4, -0.2) is 31.1 Å². The summed E-state index contributed by atoms with van der Waals surface area (Å²) >= 11 is 0.941. The summed E-state index contributed by atoms with van der Waals surface area (Å²) in [5, 5.41) is 2.78. The van der Waals surface area contributed by atoms with Gasteiger partial charge in [0.25, 0.3) is 5.91 Å². The van der Waals surface area contributed by atoms with E-state index in [-0.39, 0.29) is 34.4 Å².